The largest absolute Gasteiger partial charge is 0.355 e. The Morgan fingerprint density at radius 1 is 1.15 bits per heavy atom. The molecule has 0 spiro atoms. The summed E-state index contributed by atoms with van der Waals surface area (Å²) >= 11 is 0. The summed E-state index contributed by atoms with van der Waals surface area (Å²) in [6.07, 6.45) is 2.30. The number of rotatable bonds is 6. The molecule has 172 valence electrons. The molecular formula is C27H32N4O2. The molecule has 0 unspecified atom stereocenters. The third-order valence-electron chi connectivity index (χ3n) is 6.03. The van der Waals surface area contributed by atoms with E-state index in [1.54, 1.807) is 0 Å². The molecule has 2 aromatic carbocycles. The molecule has 1 aromatic heterocycles. The second kappa shape index (κ2) is 9.22. The zero-order valence-corrected chi connectivity index (χ0v) is 19.8. The minimum atomic E-state index is -0.372. The van der Waals surface area contributed by atoms with Gasteiger partial charge >= 0.3 is 0 Å². The van der Waals surface area contributed by atoms with Gasteiger partial charge in [-0.1, -0.05) is 64.4 Å². The molecule has 0 saturated carbocycles. The van der Waals surface area contributed by atoms with Crippen LogP contribution < -0.4 is 10.6 Å². The maximum atomic E-state index is 12.7. The Balaban J connectivity index is 1.75. The molecule has 2 heterocycles. The van der Waals surface area contributed by atoms with Crippen LogP contribution in [0, 0.1) is 5.92 Å². The molecule has 3 aromatic rings. The Hall–Kier alpha value is -3.41. The molecule has 6 nitrogen and oxygen atoms in total. The van der Waals surface area contributed by atoms with E-state index in [1.165, 1.54) is 11.1 Å². The lowest BCUT2D eigenvalue weighted by Gasteiger charge is -2.20. The van der Waals surface area contributed by atoms with Crippen LogP contribution in [0.1, 0.15) is 51.7 Å². The van der Waals surface area contributed by atoms with Crippen LogP contribution in [0.2, 0.25) is 0 Å². The van der Waals surface area contributed by atoms with Crippen molar-refractivity contribution in [2.24, 2.45) is 5.92 Å². The number of aromatic nitrogens is 2. The quantitative estimate of drug-likeness (QED) is 0.570. The van der Waals surface area contributed by atoms with Gasteiger partial charge in [0.15, 0.2) is 5.82 Å². The molecule has 1 aliphatic heterocycles. The van der Waals surface area contributed by atoms with Gasteiger partial charge < -0.3 is 10.6 Å². The maximum Gasteiger partial charge on any atom is 0.230 e. The number of benzene rings is 2. The smallest absolute Gasteiger partial charge is 0.230 e. The molecule has 6 heteroatoms. The van der Waals surface area contributed by atoms with Crippen molar-refractivity contribution in [3.05, 3.63) is 65.7 Å². The summed E-state index contributed by atoms with van der Waals surface area (Å²) in [4.78, 5) is 24.3. The predicted molar refractivity (Wildman–Crippen MR) is 131 cm³/mol. The monoisotopic (exact) mass is 444 g/mol. The fraction of sp³-hybridized carbons (Fsp3) is 0.370. The van der Waals surface area contributed by atoms with Crippen molar-refractivity contribution >= 4 is 17.6 Å². The molecule has 0 radical (unpaired) electrons. The maximum absolute atomic E-state index is 12.7. The van der Waals surface area contributed by atoms with Gasteiger partial charge in [0.05, 0.1) is 17.3 Å². The summed E-state index contributed by atoms with van der Waals surface area (Å²) in [6, 6.07) is 18.7. The SMILES string of the molecule is CCCc1cccc(-c2cc(NC(=O)[C@@H]3CNC(=O)C3)nn2-c2cccc(C(C)(C)C)c2)c1. The standard InChI is InChI=1S/C27H32N4O2/c1-5-8-18-9-6-10-19(13-18)23-16-24(29-26(33)20-14-25(32)28-17-20)30-31(23)22-12-7-11-21(15-22)27(2,3)4/h6-7,9-13,15-16,20H,5,8,14,17H2,1-4H3,(H,28,32)(H,29,30,33)/t20-/m0/s1. The lowest BCUT2D eigenvalue weighted by atomic mass is 9.87. The highest BCUT2D eigenvalue weighted by Crippen LogP contribution is 2.30. The van der Waals surface area contributed by atoms with E-state index in [0.717, 1.165) is 29.8 Å². The van der Waals surface area contributed by atoms with E-state index < -0.39 is 0 Å². The first-order chi connectivity index (χ1) is 15.7. The summed E-state index contributed by atoms with van der Waals surface area (Å²) in [5, 5.41) is 10.4. The molecule has 1 atom stereocenters. The highest BCUT2D eigenvalue weighted by molar-refractivity contribution is 5.97. The van der Waals surface area contributed by atoms with Gasteiger partial charge in [0, 0.05) is 24.6 Å². The van der Waals surface area contributed by atoms with E-state index in [1.807, 2.05) is 22.9 Å². The molecule has 0 bridgehead atoms. The Labute approximate surface area is 195 Å². The lowest BCUT2D eigenvalue weighted by molar-refractivity contribution is -0.123. The summed E-state index contributed by atoms with van der Waals surface area (Å²) in [7, 11) is 0. The molecule has 4 rings (SSSR count). The fourth-order valence-corrected chi connectivity index (χ4v) is 4.14. The molecule has 1 saturated heterocycles. The summed E-state index contributed by atoms with van der Waals surface area (Å²) in [6.45, 7) is 9.10. The Morgan fingerprint density at radius 3 is 2.64 bits per heavy atom. The third kappa shape index (κ3) is 5.16. The highest BCUT2D eigenvalue weighted by atomic mass is 16.2. The average molecular weight is 445 g/mol. The van der Waals surface area contributed by atoms with Crippen LogP contribution in [0.5, 0.6) is 0 Å². The van der Waals surface area contributed by atoms with Crippen molar-refractivity contribution in [1.29, 1.82) is 0 Å². The minimum absolute atomic E-state index is 0.00340. The molecule has 1 aliphatic rings. The van der Waals surface area contributed by atoms with Crippen molar-refractivity contribution in [2.45, 2.75) is 52.4 Å². The van der Waals surface area contributed by atoms with Crippen LogP contribution in [0.25, 0.3) is 16.9 Å². The van der Waals surface area contributed by atoms with Crippen molar-refractivity contribution in [2.75, 3.05) is 11.9 Å². The number of aryl methyl sites for hydroxylation is 1. The second-order valence-corrected chi connectivity index (χ2v) is 9.77. The number of hydrogen-bond donors (Lipinski definition) is 2. The van der Waals surface area contributed by atoms with Gasteiger partial charge in [0.1, 0.15) is 0 Å². The van der Waals surface area contributed by atoms with Crippen molar-refractivity contribution in [1.82, 2.24) is 15.1 Å². The number of nitrogens with zero attached hydrogens (tertiary/aromatic N) is 2. The number of amides is 2. The fourth-order valence-electron chi connectivity index (χ4n) is 4.14. The number of carbonyl (C=O) groups is 2. The van der Waals surface area contributed by atoms with E-state index in [9.17, 15) is 9.59 Å². The van der Waals surface area contributed by atoms with E-state index in [-0.39, 0.29) is 29.6 Å². The Kier molecular flexibility index (Phi) is 6.36. The number of anilines is 1. The first-order valence-corrected chi connectivity index (χ1v) is 11.6. The van der Waals surface area contributed by atoms with Gasteiger partial charge in [-0.25, -0.2) is 4.68 Å². The average Bonchev–Trinajstić information content (AvgIpc) is 3.40. The van der Waals surface area contributed by atoms with Crippen molar-refractivity contribution in [3.8, 4) is 16.9 Å². The zero-order chi connectivity index (χ0) is 23.6. The van der Waals surface area contributed by atoms with Crippen molar-refractivity contribution < 1.29 is 9.59 Å². The van der Waals surface area contributed by atoms with E-state index in [4.69, 9.17) is 5.10 Å². The zero-order valence-electron chi connectivity index (χ0n) is 19.8. The van der Waals surface area contributed by atoms with Crippen LogP contribution in [-0.2, 0) is 21.4 Å². The predicted octanol–water partition coefficient (Wildman–Crippen LogP) is 4.86. The van der Waals surface area contributed by atoms with Gasteiger partial charge in [-0.05, 0) is 41.2 Å². The summed E-state index contributed by atoms with van der Waals surface area (Å²) in [5.74, 6) is -0.166. The second-order valence-electron chi connectivity index (χ2n) is 9.77. The minimum Gasteiger partial charge on any atom is -0.355 e. The summed E-state index contributed by atoms with van der Waals surface area (Å²) in [5.41, 5.74) is 5.39. The van der Waals surface area contributed by atoms with Crippen LogP contribution in [0.15, 0.2) is 54.6 Å². The Bertz CT molecular complexity index is 1170. The molecule has 33 heavy (non-hydrogen) atoms. The van der Waals surface area contributed by atoms with E-state index in [2.05, 4.69) is 74.7 Å². The van der Waals surface area contributed by atoms with Gasteiger partial charge in [0.2, 0.25) is 11.8 Å². The first kappa shape index (κ1) is 22.8. The summed E-state index contributed by atoms with van der Waals surface area (Å²) < 4.78 is 1.90. The highest BCUT2D eigenvalue weighted by Gasteiger charge is 2.28. The Morgan fingerprint density at radius 2 is 1.94 bits per heavy atom. The number of carbonyl (C=O) groups excluding carboxylic acids is 2. The van der Waals surface area contributed by atoms with Crippen molar-refractivity contribution in [3.63, 3.8) is 0 Å². The molecule has 2 amide bonds. The molecular weight excluding hydrogens is 412 g/mol. The first-order valence-electron chi connectivity index (χ1n) is 11.6. The topological polar surface area (TPSA) is 76.0 Å². The molecule has 1 fully saturated rings. The van der Waals surface area contributed by atoms with Crippen LogP contribution >= 0.6 is 0 Å². The van der Waals surface area contributed by atoms with E-state index in [0.29, 0.717) is 12.4 Å². The molecule has 0 aliphatic carbocycles. The third-order valence-corrected chi connectivity index (χ3v) is 6.03. The number of nitrogens with one attached hydrogen (secondary N) is 2. The lowest BCUT2D eigenvalue weighted by Crippen LogP contribution is -2.24. The van der Waals surface area contributed by atoms with Crippen LogP contribution in [0.3, 0.4) is 0 Å². The van der Waals surface area contributed by atoms with Gasteiger partial charge in [-0.3, -0.25) is 9.59 Å². The van der Waals surface area contributed by atoms with E-state index >= 15 is 0 Å². The number of hydrogen-bond acceptors (Lipinski definition) is 3. The van der Waals surface area contributed by atoms with Crippen LogP contribution in [-0.4, -0.2) is 28.1 Å². The normalized spacial score (nSPS) is 16.0. The van der Waals surface area contributed by atoms with Gasteiger partial charge in [-0.15, -0.1) is 5.10 Å². The molecule has 2 N–H and O–H groups in total. The van der Waals surface area contributed by atoms with Crippen LogP contribution in [0.4, 0.5) is 5.82 Å². The van der Waals surface area contributed by atoms with Gasteiger partial charge in [0.25, 0.3) is 0 Å². The van der Waals surface area contributed by atoms with Gasteiger partial charge in [-0.2, -0.15) is 0 Å².